The number of hydrogen-bond acceptors (Lipinski definition) is 3. The molecule has 0 spiro atoms. The van der Waals surface area contributed by atoms with Crippen LogP contribution in [-0.2, 0) is 19.4 Å². The number of carbonyl (C=O) groups is 1. The number of hydrogen-bond donors (Lipinski definition) is 1. The molecule has 2 aliphatic carbocycles. The van der Waals surface area contributed by atoms with Crippen LogP contribution in [0.1, 0.15) is 53.7 Å². The minimum atomic E-state index is -4.18. The third kappa shape index (κ3) is 4.05. The SMILES string of the molecule is O=C(c1cccc2c1cnn2CCCC(F)(F)F)N(C1CC1)C1CCc2[nH]ncc2C1. The molecule has 1 saturated carbocycles. The van der Waals surface area contributed by atoms with Crippen LogP contribution in [0.4, 0.5) is 13.2 Å². The Hall–Kier alpha value is -2.84. The minimum absolute atomic E-state index is 0.0140. The number of amides is 1. The van der Waals surface area contributed by atoms with Gasteiger partial charge in [-0.2, -0.15) is 23.4 Å². The van der Waals surface area contributed by atoms with Gasteiger partial charge in [-0.25, -0.2) is 0 Å². The molecule has 1 amide bonds. The van der Waals surface area contributed by atoms with Crippen LogP contribution >= 0.6 is 0 Å². The molecule has 1 unspecified atom stereocenters. The van der Waals surface area contributed by atoms with Crippen LogP contribution in [0.2, 0.25) is 0 Å². The van der Waals surface area contributed by atoms with E-state index in [0.717, 1.165) is 37.8 Å². The smallest absolute Gasteiger partial charge is 0.332 e. The van der Waals surface area contributed by atoms with Crippen molar-refractivity contribution in [2.24, 2.45) is 0 Å². The second-order valence-corrected chi connectivity index (χ2v) is 8.54. The van der Waals surface area contributed by atoms with E-state index < -0.39 is 12.6 Å². The molecule has 0 saturated heterocycles. The van der Waals surface area contributed by atoms with Crippen LogP contribution in [0.5, 0.6) is 0 Å². The zero-order chi connectivity index (χ0) is 21.6. The standard InChI is InChI=1S/C22H24F3N5O/c23-22(24,25)9-2-10-29-20-4-1-3-17(18(20)13-27-29)21(31)30(15-5-6-15)16-7-8-19-14(11-16)12-26-28-19/h1,3-4,12-13,15-16H,2,5-11H2,(H,26,28). The number of alkyl halides is 3. The summed E-state index contributed by atoms with van der Waals surface area (Å²) in [6.07, 6.45) is 2.97. The van der Waals surface area contributed by atoms with E-state index in [1.165, 1.54) is 5.56 Å². The zero-order valence-corrected chi connectivity index (χ0v) is 17.0. The van der Waals surface area contributed by atoms with Crippen LogP contribution in [0.25, 0.3) is 10.9 Å². The highest BCUT2D eigenvalue weighted by Crippen LogP contribution is 2.35. The van der Waals surface area contributed by atoms with Gasteiger partial charge >= 0.3 is 6.18 Å². The van der Waals surface area contributed by atoms with Crippen LogP contribution in [0, 0.1) is 0 Å². The quantitative estimate of drug-likeness (QED) is 0.634. The van der Waals surface area contributed by atoms with Gasteiger partial charge in [0.2, 0.25) is 0 Å². The van der Waals surface area contributed by atoms with Crippen molar-refractivity contribution in [1.29, 1.82) is 0 Å². The third-order valence-corrected chi connectivity index (χ3v) is 6.31. The summed E-state index contributed by atoms with van der Waals surface area (Å²) < 4.78 is 39.1. The number of rotatable bonds is 6. The van der Waals surface area contributed by atoms with E-state index in [-0.39, 0.29) is 31.0 Å². The lowest BCUT2D eigenvalue weighted by atomic mass is 9.91. The zero-order valence-electron chi connectivity index (χ0n) is 17.0. The van der Waals surface area contributed by atoms with Gasteiger partial charge in [-0.15, -0.1) is 0 Å². The van der Waals surface area contributed by atoms with Crippen molar-refractivity contribution in [1.82, 2.24) is 24.9 Å². The van der Waals surface area contributed by atoms with Crippen molar-refractivity contribution in [2.45, 2.75) is 69.8 Å². The van der Waals surface area contributed by atoms with Crippen LogP contribution in [-0.4, -0.2) is 49.0 Å². The first-order valence-corrected chi connectivity index (χ1v) is 10.8. The fourth-order valence-electron chi connectivity index (χ4n) is 4.65. The van der Waals surface area contributed by atoms with Crippen LogP contribution < -0.4 is 0 Å². The molecule has 31 heavy (non-hydrogen) atoms. The fourth-order valence-corrected chi connectivity index (χ4v) is 4.65. The molecule has 5 rings (SSSR count). The highest BCUT2D eigenvalue weighted by Gasteiger charge is 2.39. The van der Waals surface area contributed by atoms with Gasteiger partial charge in [0, 0.05) is 36.1 Å². The lowest BCUT2D eigenvalue weighted by Crippen LogP contribution is -2.44. The maximum atomic E-state index is 13.7. The number of aryl methyl sites for hydroxylation is 2. The first kappa shape index (κ1) is 20.1. The number of halogens is 3. The van der Waals surface area contributed by atoms with Gasteiger partial charge in [0.25, 0.3) is 5.91 Å². The molecule has 1 N–H and O–H groups in total. The number of carbonyl (C=O) groups excluding carboxylic acids is 1. The van der Waals surface area contributed by atoms with E-state index >= 15 is 0 Å². The fraction of sp³-hybridized carbons (Fsp3) is 0.500. The normalized spacial score (nSPS) is 18.9. The highest BCUT2D eigenvalue weighted by molar-refractivity contribution is 6.06. The Balaban J connectivity index is 1.39. The van der Waals surface area contributed by atoms with Gasteiger partial charge in [0.05, 0.1) is 23.5 Å². The summed E-state index contributed by atoms with van der Waals surface area (Å²) in [7, 11) is 0. The van der Waals surface area contributed by atoms with Crippen molar-refractivity contribution in [3.63, 3.8) is 0 Å². The number of benzene rings is 1. The molecule has 2 aromatic heterocycles. The second kappa shape index (κ2) is 7.69. The van der Waals surface area contributed by atoms with Crippen LogP contribution in [0.15, 0.2) is 30.6 Å². The molecule has 164 valence electrons. The molecule has 1 atom stereocenters. The van der Waals surface area contributed by atoms with Crippen molar-refractivity contribution in [3.05, 3.63) is 47.4 Å². The predicted molar refractivity (Wildman–Crippen MR) is 109 cm³/mol. The number of aromatic nitrogens is 4. The van der Waals surface area contributed by atoms with Crippen molar-refractivity contribution < 1.29 is 18.0 Å². The molecular formula is C22H24F3N5O. The number of nitrogens with zero attached hydrogens (tertiary/aromatic N) is 4. The Morgan fingerprint density at radius 1 is 1.19 bits per heavy atom. The Kier molecular flexibility index (Phi) is 4.98. The summed E-state index contributed by atoms with van der Waals surface area (Å²) in [6, 6.07) is 5.78. The second-order valence-electron chi connectivity index (χ2n) is 8.54. The van der Waals surface area contributed by atoms with Crippen molar-refractivity contribution in [2.75, 3.05) is 0 Å². The summed E-state index contributed by atoms with van der Waals surface area (Å²) in [5.41, 5.74) is 3.60. The van der Waals surface area contributed by atoms with E-state index in [2.05, 4.69) is 15.3 Å². The molecule has 3 aromatic rings. The molecule has 1 fully saturated rings. The third-order valence-electron chi connectivity index (χ3n) is 6.31. The lowest BCUT2D eigenvalue weighted by molar-refractivity contribution is -0.135. The van der Waals surface area contributed by atoms with Crippen molar-refractivity contribution in [3.8, 4) is 0 Å². The average molecular weight is 431 g/mol. The van der Waals surface area contributed by atoms with Gasteiger partial charge in [-0.1, -0.05) is 6.07 Å². The molecule has 0 radical (unpaired) electrons. The largest absolute Gasteiger partial charge is 0.389 e. The average Bonchev–Trinajstić information content (AvgIpc) is 3.29. The van der Waals surface area contributed by atoms with Gasteiger partial charge in [0.1, 0.15) is 0 Å². The number of nitrogens with one attached hydrogen (secondary N) is 1. The van der Waals surface area contributed by atoms with Gasteiger partial charge in [-0.05, 0) is 56.2 Å². The minimum Gasteiger partial charge on any atom is -0.332 e. The summed E-state index contributed by atoms with van der Waals surface area (Å²) in [5, 5.41) is 12.2. The maximum Gasteiger partial charge on any atom is 0.389 e. The maximum absolute atomic E-state index is 13.7. The predicted octanol–water partition coefficient (Wildman–Crippen LogP) is 4.26. The summed E-state index contributed by atoms with van der Waals surface area (Å²) in [5.74, 6) is -0.0140. The van der Waals surface area contributed by atoms with Gasteiger partial charge in [-0.3, -0.25) is 14.6 Å². The van der Waals surface area contributed by atoms with E-state index in [1.54, 1.807) is 23.0 Å². The Morgan fingerprint density at radius 3 is 2.81 bits per heavy atom. The Morgan fingerprint density at radius 2 is 2.03 bits per heavy atom. The Labute approximate surface area is 177 Å². The number of fused-ring (bicyclic) bond motifs is 2. The summed E-state index contributed by atoms with van der Waals surface area (Å²) in [6.45, 7) is 0.166. The highest BCUT2D eigenvalue weighted by atomic mass is 19.4. The van der Waals surface area contributed by atoms with Crippen LogP contribution in [0.3, 0.4) is 0 Å². The van der Waals surface area contributed by atoms with E-state index in [0.29, 0.717) is 16.5 Å². The van der Waals surface area contributed by atoms with Crippen molar-refractivity contribution >= 4 is 16.8 Å². The van der Waals surface area contributed by atoms with E-state index in [1.807, 2.05) is 17.2 Å². The first-order valence-electron chi connectivity index (χ1n) is 10.8. The first-order chi connectivity index (χ1) is 14.9. The van der Waals surface area contributed by atoms with Gasteiger partial charge < -0.3 is 4.90 Å². The molecular weight excluding hydrogens is 407 g/mol. The molecule has 6 nitrogen and oxygen atoms in total. The van der Waals surface area contributed by atoms with E-state index in [4.69, 9.17) is 0 Å². The number of H-pyrrole nitrogens is 1. The van der Waals surface area contributed by atoms with Gasteiger partial charge in [0.15, 0.2) is 0 Å². The molecule has 2 aliphatic rings. The Bertz CT molecular complexity index is 1100. The molecule has 1 aromatic carbocycles. The lowest BCUT2D eigenvalue weighted by Gasteiger charge is -2.34. The summed E-state index contributed by atoms with van der Waals surface area (Å²) >= 11 is 0. The molecule has 0 aliphatic heterocycles. The summed E-state index contributed by atoms with van der Waals surface area (Å²) in [4.78, 5) is 15.7. The molecule has 2 heterocycles. The van der Waals surface area contributed by atoms with E-state index in [9.17, 15) is 18.0 Å². The monoisotopic (exact) mass is 431 g/mol. The molecule has 0 bridgehead atoms. The topological polar surface area (TPSA) is 66.8 Å². The molecule has 9 heteroatoms. The number of aromatic amines is 1.